The highest BCUT2D eigenvalue weighted by molar-refractivity contribution is 9.10. The molecule has 2 rings (SSSR count). The van der Waals surface area contributed by atoms with Gasteiger partial charge in [0.25, 0.3) is 0 Å². The SMILES string of the molecule is OC(CNc1cc(Br)ncn1)C1CC1. The fraction of sp³-hybridized carbons (Fsp3) is 0.556. The Morgan fingerprint density at radius 2 is 2.36 bits per heavy atom. The molecule has 1 aliphatic rings. The Hall–Kier alpha value is -0.680. The highest BCUT2D eigenvalue weighted by Crippen LogP contribution is 2.32. The molecule has 1 aromatic rings. The Labute approximate surface area is 90.9 Å². The molecule has 0 aliphatic heterocycles. The first-order chi connectivity index (χ1) is 6.75. The third kappa shape index (κ3) is 2.65. The molecular weight excluding hydrogens is 246 g/mol. The maximum Gasteiger partial charge on any atom is 0.130 e. The maximum atomic E-state index is 9.60. The number of aromatic nitrogens is 2. The standard InChI is InChI=1S/C9H12BrN3O/c10-8-3-9(13-5-12-8)11-4-7(14)6-1-2-6/h3,5-7,14H,1-2,4H2,(H,11,12,13). The van der Waals surface area contributed by atoms with E-state index in [-0.39, 0.29) is 6.10 Å². The summed E-state index contributed by atoms with van der Waals surface area (Å²) in [5.41, 5.74) is 0. The van der Waals surface area contributed by atoms with Crippen molar-refractivity contribution in [1.82, 2.24) is 9.97 Å². The number of nitrogens with zero attached hydrogens (tertiary/aromatic N) is 2. The number of anilines is 1. The molecule has 0 amide bonds. The highest BCUT2D eigenvalue weighted by atomic mass is 79.9. The zero-order chi connectivity index (χ0) is 9.97. The summed E-state index contributed by atoms with van der Waals surface area (Å²) in [5.74, 6) is 1.24. The van der Waals surface area contributed by atoms with Gasteiger partial charge in [-0.1, -0.05) is 0 Å². The van der Waals surface area contributed by atoms with E-state index in [1.54, 1.807) is 6.07 Å². The van der Waals surface area contributed by atoms with Crippen molar-refractivity contribution in [1.29, 1.82) is 0 Å². The first-order valence-corrected chi connectivity index (χ1v) is 5.44. The van der Waals surface area contributed by atoms with Crippen LogP contribution >= 0.6 is 15.9 Å². The molecule has 4 nitrogen and oxygen atoms in total. The van der Waals surface area contributed by atoms with E-state index in [9.17, 15) is 5.11 Å². The average Bonchev–Trinajstić information content (AvgIpc) is 2.97. The van der Waals surface area contributed by atoms with Crippen LogP contribution in [0, 0.1) is 5.92 Å². The smallest absolute Gasteiger partial charge is 0.130 e. The van der Waals surface area contributed by atoms with E-state index < -0.39 is 0 Å². The van der Waals surface area contributed by atoms with E-state index in [1.807, 2.05) is 0 Å². The van der Waals surface area contributed by atoms with Crippen molar-refractivity contribution >= 4 is 21.7 Å². The largest absolute Gasteiger partial charge is 0.391 e. The second-order valence-corrected chi connectivity index (χ2v) is 4.32. The molecular formula is C9H12BrN3O. The van der Waals surface area contributed by atoms with Crippen LogP contribution < -0.4 is 5.32 Å². The van der Waals surface area contributed by atoms with Crippen LogP contribution in [0.4, 0.5) is 5.82 Å². The molecule has 0 aromatic carbocycles. The second kappa shape index (κ2) is 4.23. The number of hydrogen-bond acceptors (Lipinski definition) is 4. The fourth-order valence-electron chi connectivity index (χ4n) is 1.29. The topological polar surface area (TPSA) is 58.0 Å². The Morgan fingerprint density at radius 3 is 3.00 bits per heavy atom. The van der Waals surface area contributed by atoms with E-state index in [2.05, 4.69) is 31.2 Å². The van der Waals surface area contributed by atoms with E-state index in [0.29, 0.717) is 12.5 Å². The van der Waals surface area contributed by atoms with Gasteiger partial charge in [0.2, 0.25) is 0 Å². The third-order valence-electron chi connectivity index (χ3n) is 2.29. The van der Waals surface area contributed by atoms with Crippen LogP contribution in [0.2, 0.25) is 0 Å². The van der Waals surface area contributed by atoms with E-state index in [4.69, 9.17) is 0 Å². The quantitative estimate of drug-likeness (QED) is 0.802. The lowest BCUT2D eigenvalue weighted by molar-refractivity contribution is 0.164. The van der Waals surface area contributed by atoms with Crippen LogP contribution in [-0.4, -0.2) is 27.7 Å². The maximum absolute atomic E-state index is 9.60. The van der Waals surface area contributed by atoms with Crippen molar-refractivity contribution in [3.8, 4) is 0 Å². The lowest BCUT2D eigenvalue weighted by atomic mass is 10.2. The minimum Gasteiger partial charge on any atom is -0.391 e. The zero-order valence-electron chi connectivity index (χ0n) is 7.65. The monoisotopic (exact) mass is 257 g/mol. The van der Waals surface area contributed by atoms with E-state index >= 15 is 0 Å². The van der Waals surface area contributed by atoms with Gasteiger partial charge in [-0.2, -0.15) is 0 Å². The molecule has 1 unspecified atom stereocenters. The Balaban J connectivity index is 1.84. The molecule has 1 saturated carbocycles. The van der Waals surface area contributed by atoms with Gasteiger partial charge in [-0.3, -0.25) is 0 Å². The molecule has 5 heteroatoms. The van der Waals surface area contributed by atoms with Gasteiger partial charge in [-0.25, -0.2) is 9.97 Å². The number of aliphatic hydroxyl groups is 1. The second-order valence-electron chi connectivity index (χ2n) is 3.51. The predicted octanol–water partition coefficient (Wildman–Crippen LogP) is 1.42. The molecule has 2 N–H and O–H groups in total. The van der Waals surface area contributed by atoms with Crippen LogP contribution in [-0.2, 0) is 0 Å². The van der Waals surface area contributed by atoms with Crippen molar-refractivity contribution in [2.45, 2.75) is 18.9 Å². The van der Waals surface area contributed by atoms with Crippen molar-refractivity contribution in [3.05, 3.63) is 17.0 Å². The lowest BCUT2D eigenvalue weighted by Gasteiger charge is -2.10. The van der Waals surface area contributed by atoms with Gasteiger partial charge in [0.15, 0.2) is 0 Å². The molecule has 1 aliphatic carbocycles. The molecule has 0 radical (unpaired) electrons. The van der Waals surface area contributed by atoms with Gasteiger partial charge in [0.1, 0.15) is 16.7 Å². The number of nitrogens with one attached hydrogen (secondary N) is 1. The van der Waals surface area contributed by atoms with Gasteiger partial charge in [-0.05, 0) is 34.7 Å². The molecule has 0 spiro atoms. The molecule has 1 fully saturated rings. The van der Waals surface area contributed by atoms with Gasteiger partial charge in [0.05, 0.1) is 6.10 Å². The molecule has 1 heterocycles. The van der Waals surface area contributed by atoms with Gasteiger partial charge in [0, 0.05) is 12.6 Å². The van der Waals surface area contributed by atoms with Crippen LogP contribution in [0.25, 0.3) is 0 Å². The van der Waals surface area contributed by atoms with Crippen molar-refractivity contribution in [2.24, 2.45) is 5.92 Å². The molecule has 14 heavy (non-hydrogen) atoms. The average molecular weight is 258 g/mol. The summed E-state index contributed by atoms with van der Waals surface area (Å²) in [6.45, 7) is 0.564. The molecule has 76 valence electrons. The predicted molar refractivity (Wildman–Crippen MR) is 57.0 cm³/mol. The Bertz CT molecular complexity index is 317. The zero-order valence-corrected chi connectivity index (χ0v) is 9.24. The lowest BCUT2D eigenvalue weighted by Crippen LogP contribution is -2.21. The third-order valence-corrected chi connectivity index (χ3v) is 2.73. The summed E-state index contributed by atoms with van der Waals surface area (Å²) in [4.78, 5) is 7.95. The van der Waals surface area contributed by atoms with Gasteiger partial charge in [-0.15, -0.1) is 0 Å². The van der Waals surface area contributed by atoms with Crippen molar-refractivity contribution < 1.29 is 5.11 Å². The molecule has 0 bridgehead atoms. The fourth-order valence-corrected chi connectivity index (χ4v) is 1.60. The van der Waals surface area contributed by atoms with Crippen molar-refractivity contribution in [3.63, 3.8) is 0 Å². The van der Waals surface area contributed by atoms with Crippen molar-refractivity contribution in [2.75, 3.05) is 11.9 Å². The summed E-state index contributed by atoms with van der Waals surface area (Å²) in [5, 5.41) is 12.7. The number of rotatable bonds is 4. The van der Waals surface area contributed by atoms with E-state index in [1.165, 1.54) is 6.33 Å². The Kier molecular flexibility index (Phi) is 2.98. The summed E-state index contributed by atoms with van der Waals surface area (Å²) in [6.07, 6.45) is 3.53. The van der Waals surface area contributed by atoms with Gasteiger partial charge < -0.3 is 10.4 Å². The molecule has 1 aromatic heterocycles. The minimum atomic E-state index is -0.247. The van der Waals surface area contributed by atoms with E-state index in [0.717, 1.165) is 23.3 Å². The summed E-state index contributed by atoms with van der Waals surface area (Å²) >= 11 is 3.26. The molecule has 0 saturated heterocycles. The van der Waals surface area contributed by atoms with Gasteiger partial charge >= 0.3 is 0 Å². The minimum absolute atomic E-state index is 0.247. The first kappa shape index (κ1) is 9.86. The summed E-state index contributed by atoms with van der Waals surface area (Å²) in [6, 6.07) is 1.79. The van der Waals surface area contributed by atoms with Crippen LogP contribution in [0.5, 0.6) is 0 Å². The normalized spacial score (nSPS) is 17.9. The van der Waals surface area contributed by atoms with Crippen LogP contribution in [0.1, 0.15) is 12.8 Å². The number of hydrogen-bond donors (Lipinski definition) is 2. The summed E-state index contributed by atoms with van der Waals surface area (Å²) < 4.78 is 0.746. The first-order valence-electron chi connectivity index (χ1n) is 4.65. The van der Waals surface area contributed by atoms with Crippen LogP contribution in [0.3, 0.4) is 0 Å². The van der Waals surface area contributed by atoms with Crippen LogP contribution in [0.15, 0.2) is 17.0 Å². The molecule has 1 atom stereocenters. The number of aliphatic hydroxyl groups excluding tert-OH is 1. The Morgan fingerprint density at radius 1 is 1.57 bits per heavy atom. The number of halogens is 1. The highest BCUT2D eigenvalue weighted by Gasteiger charge is 2.29. The summed E-state index contributed by atoms with van der Waals surface area (Å²) in [7, 11) is 0.